The number of amides is 1. The van der Waals surface area contributed by atoms with E-state index in [-0.39, 0.29) is 11.5 Å². The summed E-state index contributed by atoms with van der Waals surface area (Å²) in [6.07, 6.45) is 3.43. The van der Waals surface area contributed by atoms with Crippen LogP contribution in [0.2, 0.25) is 0 Å². The predicted molar refractivity (Wildman–Crippen MR) is 75.6 cm³/mol. The van der Waals surface area contributed by atoms with Gasteiger partial charge < -0.3 is 15.0 Å². The van der Waals surface area contributed by atoms with E-state index in [0.29, 0.717) is 12.3 Å². The second kappa shape index (κ2) is 7.24. The average Bonchev–Trinajstić information content (AvgIpc) is 2.96. The van der Waals surface area contributed by atoms with E-state index in [1.165, 1.54) is 32.1 Å². The van der Waals surface area contributed by atoms with Gasteiger partial charge >= 0.3 is 0 Å². The van der Waals surface area contributed by atoms with Crippen molar-refractivity contribution >= 4 is 5.91 Å². The van der Waals surface area contributed by atoms with Crippen LogP contribution in [0.5, 0.6) is 5.75 Å². The number of nitrogens with one attached hydrogen (secondary N) is 1. The zero-order chi connectivity index (χ0) is 14.4. The molecule has 0 radical (unpaired) electrons. The molecule has 0 bridgehead atoms. The standard InChI is InChI=1S/C15H21FN2O2/c1-20-12-5-6-13(14(16)11-12)15(19)17-7-4-10-18-8-2-3-9-18/h5-6,11H,2-4,7-10H2,1H3,(H,17,19). The van der Waals surface area contributed by atoms with Crippen molar-refractivity contribution in [1.29, 1.82) is 0 Å². The van der Waals surface area contributed by atoms with E-state index >= 15 is 0 Å². The number of carbonyl (C=O) groups is 1. The molecule has 4 nitrogen and oxygen atoms in total. The highest BCUT2D eigenvalue weighted by Gasteiger charge is 2.13. The molecule has 0 aliphatic carbocycles. The first kappa shape index (κ1) is 14.8. The van der Waals surface area contributed by atoms with Gasteiger partial charge in [-0.3, -0.25) is 4.79 Å². The molecule has 1 fully saturated rings. The summed E-state index contributed by atoms with van der Waals surface area (Å²) in [5.74, 6) is -0.513. The Morgan fingerprint density at radius 2 is 2.15 bits per heavy atom. The first-order valence-corrected chi connectivity index (χ1v) is 7.05. The van der Waals surface area contributed by atoms with E-state index in [4.69, 9.17) is 4.74 Å². The molecule has 20 heavy (non-hydrogen) atoms. The van der Waals surface area contributed by atoms with Crippen LogP contribution in [0.15, 0.2) is 18.2 Å². The number of nitrogens with zero attached hydrogens (tertiary/aromatic N) is 1. The maximum atomic E-state index is 13.7. The summed E-state index contributed by atoms with van der Waals surface area (Å²) in [7, 11) is 1.47. The topological polar surface area (TPSA) is 41.6 Å². The van der Waals surface area contributed by atoms with Crippen LogP contribution in [0.3, 0.4) is 0 Å². The molecule has 110 valence electrons. The molecule has 1 N–H and O–H groups in total. The van der Waals surface area contributed by atoms with Crippen LogP contribution >= 0.6 is 0 Å². The lowest BCUT2D eigenvalue weighted by Crippen LogP contribution is -2.29. The molecule has 0 aromatic heterocycles. The van der Waals surface area contributed by atoms with Crippen LogP contribution in [0.25, 0.3) is 0 Å². The van der Waals surface area contributed by atoms with Gasteiger partial charge in [-0.15, -0.1) is 0 Å². The normalized spacial score (nSPS) is 15.3. The van der Waals surface area contributed by atoms with E-state index in [9.17, 15) is 9.18 Å². The van der Waals surface area contributed by atoms with Gasteiger partial charge in [0, 0.05) is 12.6 Å². The van der Waals surface area contributed by atoms with Gasteiger partial charge in [0.25, 0.3) is 5.91 Å². The lowest BCUT2D eigenvalue weighted by atomic mass is 10.2. The minimum atomic E-state index is -0.554. The highest BCUT2D eigenvalue weighted by Crippen LogP contribution is 2.16. The highest BCUT2D eigenvalue weighted by molar-refractivity contribution is 5.94. The Morgan fingerprint density at radius 1 is 1.40 bits per heavy atom. The number of hydrogen-bond donors (Lipinski definition) is 1. The molecule has 0 spiro atoms. The van der Waals surface area contributed by atoms with Gasteiger partial charge in [-0.25, -0.2) is 4.39 Å². The Morgan fingerprint density at radius 3 is 2.80 bits per heavy atom. The fourth-order valence-electron chi connectivity index (χ4n) is 2.41. The number of benzene rings is 1. The minimum absolute atomic E-state index is 0.0620. The van der Waals surface area contributed by atoms with E-state index in [1.54, 1.807) is 6.07 Å². The average molecular weight is 280 g/mol. The molecule has 1 heterocycles. The van der Waals surface area contributed by atoms with Crippen LogP contribution in [-0.2, 0) is 0 Å². The van der Waals surface area contributed by atoms with E-state index in [0.717, 1.165) is 26.1 Å². The number of halogens is 1. The van der Waals surface area contributed by atoms with Gasteiger partial charge in [0.1, 0.15) is 11.6 Å². The Balaban J connectivity index is 1.76. The highest BCUT2D eigenvalue weighted by atomic mass is 19.1. The Labute approximate surface area is 118 Å². The second-order valence-corrected chi connectivity index (χ2v) is 5.00. The molecular formula is C15H21FN2O2. The lowest BCUT2D eigenvalue weighted by Gasteiger charge is -2.14. The summed E-state index contributed by atoms with van der Waals surface area (Å²) >= 11 is 0. The summed E-state index contributed by atoms with van der Waals surface area (Å²) in [4.78, 5) is 14.2. The third-order valence-electron chi connectivity index (χ3n) is 3.56. The van der Waals surface area contributed by atoms with Crippen molar-refractivity contribution in [2.45, 2.75) is 19.3 Å². The van der Waals surface area contributed by atoms with Crippen LogP contribution in [0.1, 0.15) is 29.6 Å². The molecule has 1 aliphatic heterocycles. The fraction of sp³-hybridized carbons (Fsp3) is 0.533. The maximum absolute atomic E-state index is 13.7. The smallest absolute Gasteiger partial charge is 0.254 e. The van der Waals surface area contributed by atoms with Crippen LogP contribution in [0.4, 0.5) is 4.39 Å². The van der Waals surface area contributed by atoms with Crippen LogP contribution < -0.4 is 10.1 Å². The molecule has 1 aromatic rings. The first-order chi connectivity index (χ1) is 9.70. The van der Waals surface area contributed by atoms with Crippen molar-refractivity contribution in [1.82, 2.24) is 10.2 Å². The molecule has 5 heteroatoms. The number of ether oxygens (including phenoxy) is 1. The largest absolute Gasteiger partial charge is 0.497 e. The number of methoxy groups -OCH3 is 1. The molecule has 1 amide bonds. The number of rotatable bonds is 6. The molecule has 1 aromatic carbocycles. The van der Waals surface area contributed by atoms with Gasteiger partial charge in [-0.05, 0) is 51.0 Å². The first-order valence-electron chi connectivity index (χ1n) is 7.05. The SMILES string of the molecule is COc1ccc(C(=O)NCCCN2CCCC2)c(F)c1. The van der Waals surface area contributed by atoms with Crippen molar-refractivity contribution in [2.24, 2.45) is 0 Å². The maximum Gasteiger partial charge on any atom is 0.254 e. The summed E-state index contributed by atoms with van der Waals surface area (Å²) < 4.78 is 18.6. The molecule has 0 saturated carbocycles. The van der Waals surface area contributed by atoms with Crippen molar-refractivity contribution in [3.05, 3.63) is 29.6 Å². The summed E-state index contributed by atoms with van der Waals surface area (Å²) in [6, 6.07) is 4.26. The summed E-state index contributed by atoms with van der Waals surface area (Å²) in [5, 5.41) is 2.75. The summed E-state index contributed by atoms with van der Waals surface area (Å²) in [5.41, 5.74) is 0.0620. The van der Waals surface area contributed by atoms with Crippen LogP contribution in [0, 0.1) is 5.82 Å². The van der Waals surface area contributed by atoms with Crippen molar-refractivity contribution in [3.8, 4) is 5.75 Å². The van der Waals surface area contributed by atoms with Gasteiger partial charge in [-0.1, -0.05) is 0 Å². The van der Waals surface area contributed by atoms with Gasteiger partial charge in [0.05, 0.1) is 12.7 Å². The molecule has 0 unspecified atom stereocenters. The van der Waals surface area contributed by atoms with E-state index < -0.39 is 5.82 Å². The monoisotopic (exact) mass is 280 g/mol. The van der Waals surface area contributed by atoms with E-state index in [2.05, 4.69) is 10.2 Å². The van der Waals surface area contributed by atoms with Gasteiger partial charge in [-0.2, -0.15) is 0 Å². The van der Waals surface area contributed by atoms with Crippen molar-refractivity contribution in [3.63, 3.8) is 0 Å². The third kappa shape index (κ3) is 3.93. The molecular weight excluding hydrogens is 259 g/mol. The van der Waals surface area contributed by atoms with E-state index in [1.807, 2.05) is 0 Å². The Bertz CT molecular complexity index is 459. The number of hydrogen-bond acceptors (Lipinski definition) is 3. The van der Waals surface area contributed by atoms with Crippen molar-refractivity contribution < 1.29 is 13.9 Å². The van der Waals surface area contributed by atoms with Gasteiger partial charge in [0.15, 0.2) is 0 Å². The zero-order valence-corrected chi connectivity index (χ0v) is 11.8. The molecule has 1 saturated heterocycles. The fourth-order valence-corrected chi connectivity index (χ4v) is 2.41. The van der Waals surface area contributed by atoms with Crippen molar-refractivity contribution in [2.75, 3.05) is 33.3 Å². The second-order valence-electron chi connectivity index (χ2n) is 5.00. The molecule has 1 aliphatic rings. The quantitative estimate of drug-likeness (QED) is 0.811. The Kier molecular flexibility index (Phi) is 5.35. The third-order valence-corrected chi connectivity index (χ3v) is 3.56. The molecule has 0 atom stereocenters. The van der Waals surface area contributed by atoms with Gasteiger partial charge in [0.2, 0.25) is 0 Å². The molecule has 2 rings (SSSR count). The lowest BCUT2D eigenvalue weighted by molar-refractivity contribution is 0.0948. The number of likely N-dealkylation sites (tertiary alicyclic amines) is 1. The van der Waals surface area contributed by atoms with Crippen LogP contribution in [-0.4, -0.2) is 44.1 Å². The predicted octanol–water partition coefficient (Wildman–Crippen LogP) is 2.05. The zero-order valence-electron chi connectivity index (χ0n) is 11.8. The number of carbonyl (C=O) groups excluding carboxylic acids is 1. The summed E-state index contributed by atoms with van der Waals surface area (Å²) in [6.45, 7) is 3.87. The Hall–Kier alpha value is -1.62. The minimum Gasteiger partial charge on any atom is -0.497 e.